The lowest BCUT2D eigenvalue weighted by molar-refractivity contribution is -0.189. The van der Waals surface area contributed by atoms with Crippen LogP contribution in [0.2, 0.25) is 0 Å². The van der Waals surface area contributed by atoms with Crippen molar-refractivity contribution in [3.05, 3.63) is 0 Å². The first-order valence-electron chi connectivity index (χ1n) is 14.8. The normalized spacial score (nSPS) is 59.4. The highest BCUT2D eigenvalue weighted by atomic mass is 16.5. The van der Waals surface area contributed by atoms with E-state index in [1.807, 2.05) is 0 Å². The van der Waals surface area contributed by atoms with Crippen molar-refractivity contribution in [3.8, 4) is 0 Å². The maximum atomic E-state index is 12.2. The second kappa shape index (κ2) is 7.07. The van der Waals surface area contributed by atoms with Crippen molar-refractivity contribution < 1.29 is 20.1 Å². The molecule has 0 aromatic heterocycles. The Morgan fingerprint density at radius 1 is 0.886 bits per heavy atom. The van der Waals surface area contributed by atoms with E-state index in [1.165, 1.54) is 38.5 Å². The summed E-state index contributed by atoms with van der Waals surface area (Å²) in [6.07, 6.45) is 7.55. The number of fused-ring (bicyclic) bond motifs is 4. The van der Waals surface area contributed by atoms with Gasteiger partial charge in [0.25, 0.3) is 0 Å². The molecule has 6 rings (SSSR count). The quantitative estimate of drug-likeness (QED) is 0.451. The molecule has 0 amide bonds. The number of hydrogen-bond acceptors (Lipinski definition) is 4. The smallest absolute Gasteiger partial charge is 0.0880 e. The average molecular weight is 489 g/mol. The molecule has 0 aromatic rings. The largest absolute Gasteiger partial charge is 0.393 e. The number of aliphatic hydroxyl groups excluding tert-OH is 3. The third kappa shape index (κ3) is 2.74. The van der Waals surface area contributed by atoms with E-state index in [1.54, 1.807) is 0 Å². The topological polar surface area (TPSA) is 69.9 Å². The molecule has 200 valence electrons. The molecule has 5 aliphatic carbocycles. The summed E-state index contributed by atoms with van der Waals surface area (Å²) in [5.74, 6) is 1.91. The lowest BCUT2D eigenvalue weighted by Gasteiger charge is -2.63. The number of hydrogen-bond donors (Lipinski definition) is 3. The van der Waals surface area contributed by atoms with Gasteiger partial charge in [-0.05, 0) is 102 Å². The molecule has 3 N–H and O–H groups in total. The fourth-order valence-corrected chi connectivity index (χ4v) is 12.1. The van der Waals surface area contributed by atoms with Gasteiger partial charge in [0.2, 0.25) is 0 Å². The molecule has 35 heavy (non-hydrogen) atoms. The van der Waals surface area contributed by atoms with Crippen LogP contribution in [0.15, 0.2) is 0 Å². The molecule has 4 heteroatoms. The van der Waals surface area contributed by atoms with Crippen LogP contribution in [0.3, 0.4) is 0 Å². The minimum Gasteiger partial charge on any atom is -0.393 e. The van der Waals surface area contributed by atoms with Crippen LogP contribution in [0.25, 0.3) is 0 Å². The van der Waals surface area contributed by atoms with E-state index in [2.05, 4.69) is 55.4 Å². The highest BCUT2D eigenvalue weighted by molar-refractivity contribution is 5.32. The van der Waals surface area contributed by atoms with Gasteiger partial charge in [0.1, 0.15) is 0 Å². The van der Waals surface area contributed by atoms with Crippen LogP contribution in [0.1, 0.15) is 107 Å². The lowest BCUT2D eigenvalue weighted by Crippen LogP contribution is -2.59. The Morgan fingerprint density at radius 2 is 1.51 bits per heavy atom. The number of ether oxygens (including phenoxy) is 1. The predicted octanol–water partition coefficient (Wildman–Crippen LogP) is 5.57. The summed E-state index contributed by atoms with van der Waals surface area (Å²) in [7, 11) is 0. The summed E-state index contributed by atoms with van der Waals surface area (Å²) in [4.78, 5) is 0. The Labute approximate surface area is 213 Å². The molecule has 6 fully saturated rings. The first kappa shape index (κ1) is 25.1. The monoisotopic (exact) mass is 488 g/mol. The van der Waals surface area contributed by atoms with E-state index in [0.717, 1.165) is 12.8 Å². The predicted molar refractivity (Wildman–Crippen MR) is 138 cm³/mol. The van der Waals surface area contributed by atoms with Gasteiger partial charge in [-0.2, -0.15) is 0 Å². The molecule has 13 atom stereocenters. The maximum absolute atomic E-state index is 12.2. The van der Waals surface area contributed by atoms with Crippen LogP contribution >= 0.6 is 0 Å². The fraction of sp³-hybridized carbons (Fsp3) is 1.00. The van der Waals surface area contributed by atoms with Gasteiger partial charge in [-0.25, -0.2) is 0 Å². The molecular formula is C31H52O4. The van der Waals surface area contributed by atoms with Crippen LogP contribution in [0, 0.1) is 56.2 Å². The molecule has 0 aromatic carbocycles. The standard InChI is InChI=1S/C31H52O4/c1-17-15-18(24(33)26(2,3)4)35-23-22(17)28(7)13-14-31-16-30(31)12-11-21(32)27(5,6)19(30)9-10-20(31)29(28,8)25(23)34/h17-25,32-34H,9-16H2,1-8H3/t17-,18?,19+,20+,21+,22?,23?,24?,25+,28-,29-,30?,31?/m1/s1. The Hall–Kier alpha value is -0.160. The molecule has 6 unspecified atom stereocenters. The van der Waals surface area contributed by atoms with Crippen LogP contribution in [-0.2, 0) is 4.74 Å². The first-order chi connectivity index (χ1) is 16.1. The van der Waals surface area contributed by atoms with Crippen LogP contribution < -0.4 is 0 Å². The number of aliphatic hydroxyl groups is 3. The highest BCUT2D eigenvalue weighted by Gasteiger charge is 2.84. The second-order valence-corrected chi connectivity index (χ2v) is 16.4. The molecule has 4 nitrogen and oxygen atoms in total. The zero-order chi connectivity index (χ0) is 25.6. The zero-order valence-corrected chi connectivity index (χ0v) is 23.6. The van der Waals surface area contributed by atoms with E-state index in [0.29, 0.717) is 34.5 Å². The second-order valence-electron chi connectivity index (χ2n) is 16.4. The molecule has 1 heterocycles. The molecule has 0 bridgehead atoms. The van der Waals surface area contributed by atoms with Crippen LogP contribution in [0.5, 0.6) is 0 Å². The Bertz CT molecular complexity index is 893. The minimum absolute atomic E-state index is 0.00933. The van der Waals surface area contributed by atoms with Crippen molar-refractivity contribution in [1.29, 1.82) is 0 Å². The summed E-state index contributed by atoms with van der Waals surface area (Å²) in [6, 6.07) is 0. The van der Waals surface area contributed by atoms with Gasteiger partial charge in [0, 0.05) is 5.41 Å². The van der Waals surface area contributed by atoms with E-state index in [9.17, 15) is 15.3 Å². The third-order valence-corrected chi connectivity index (χ3v) is 14.0. The Balaban J connectivity index is 1.36. The van der Waals surface area contributed by atoms with Crippen LogP contribution in [0.4, 0.5) is 0 Å². The van der Waals surface area contributed by atoms with Crippen molar-refractivity contribution in [3.63, 3.8) is 0 Å². The van der Waals surface area contributed by atoms with Crippen molar-refractivity contribution in [2.75, 3.05) is 0 Å². The molecule has 1 aliphatic heterocycles. The van der Waals surface area contributed by atoms with E-state index in [4.69, 9.17) is 4.74 Å². The molecule has 6 aliphatic rings. The van der Waals surface area contributed by atoms with Crippen molar-refractivity contribution in [1.82, 2.24) is 0 Å². The van der Waals surface area contributed by atoms with Gasteiger partial charge < -0.3 is 20.1 Å². The number of rotatable bonds is 1. The summed E-state index contributed by atoms with van der Waals surface area (Å²) in [5.41, 5.74) is 0.361. The SMILES string of the molecule is C[C@@H]1CC(C(O)C(C)(C)C)OC2C1[C@@]1(C)CCC34CC35CC[C@H](O)C(C)(C)[C@@H]5CC[C@H]4[C@]1(C)[C@H]2O. The molecule has 0 radical (unpaired) electrons. The van der Waals surface area contributed by atoms with Gasteiger partial charge >= 0.3 is 0 Å². The van der Waals surface area contributed by atoms with Gasteiger partial charge in [0.05, 0.1) is 30.5 Å². The lowest BCUT2D eigenvalue weighted by atomic mass is 9.41. The van der Waals surface area contributed by atoms with Crippen molar-refractivity contribution in [2.24, 2.45) is 56.2 Å². The Kier molecular flexibility index (Phi) is 5.08. The summed E-state index contributed by atoms with van der Waals surface area (Å²) >= 11 is 0. The first-order valence-corrected chi connectivity index (χ1v) is 14.8. The summed E-state index contributed by atoms with van der Waals surface area (Å²) in [5, 5.41) is 34.3. The van der Waals surface area contributed by atoms with Gasteiger partial charge in [-0.1, -0.05) is 55.4 Å². The van der Waals surface area contributed by atoms with Crippen molar-refractivity contribution in [2.45, 2.75) is 137 Å². The van der Waals surface area contributed by atoms with Gasteiger partial charge in [-0.15, -0.1) is 0 Å². The third-order valence-electron chi connectivity index (χ3n) is 14.0. The van der Waals surface area contributed by atoms with Gasteiger partial charge in [0.15, 0.2) is 0 Å². The van der Waals surface area contributed by atoms with Gasteiger partial charge in [-0.3, -0.25) is 0 Å². The zero-order valence-electron chi connectivity index (χ0n) is 23.6. The average Bonchev–Trinajstić information content (AvgIpc) is 3.40. The highest BCUT2D eigenvalue weighted by Crippen LogP contribution is 2.89. The summed E-state index contributed by atoms with van der Waals surface area (Å²) < 4.78 is 6.75. The maximum Gasteiger partial charge on any atom is 0.0880 e. The van der Waals surface area contributed by atoms with E-state index < -0.39 is 12.2 Å². The molecule has 2 spiro atoms. The van der Waals surface area contributed by atoms with E-state index in [-0.39, 0.29) is 40.0 Å². The Morgan fingerprint density at radius 3 is 2.17 bits per heavy atom. The van der Waals surface area contributed by atoms with E-state index >= 15 is 0 Å². The van der Waals surface area contributed by atoms with Crippen molar-refractivity contribution >= 4 is 0 Å². The minimum atomic E-state index is -0.522. The molecule has 1 saturated heterocycles. The molecule has 5 saturated carbocycles. The van der Waals surface area contributed by atoms with Crippen LogP contribution in [-0.4, -0.2) is 45.8 Å². The summed E-state index contributed by atoms with van der Waals surface area (Å²) in [6.45, 7) is 18.2. The molecular weight excluding hydrogens is 436 g/mol. The fourth-order valence-electron chi connectivity index (χ4n) is 12.1.